The molecule has 1 aromatic heterocycles. The number of aliphatic hydroxyl groups excluding tert-OH is 1. The van der Waals surface area contributed by atoms with Crippen LogP contribution in [0.5, 0.6) is 0 Å². The molecule has 1 heterocycles. The zero-order valence-electron chi connectivity index (χ0n) is 27.4. The SMILES string of the molecule is C[C@H](O)[C@H](COP(=O)(OCCOCCSC(=O)C(C)(C)C)OCCOCCSC(=O)C(C)(C)C)O[C@H](C)n1ccc(=O)[nH]c1=O. The predicted molar refractivity (Wildman–Crippen MR) is 174 cm³/mol. The van der Waals surface area contributed by atoms with Crippen molar-refractivity contribution < 1.29 is 47.0 Å². The van der Waals surface area contributed by atoms with Gasteiger partial charge in [0, 0.05) is 34.6 Å². The highest BCUT2D eigenvalue weighted by Crippen LogP contribution is 2.49. The molecule has 0 aliphatic carbocycles. The van der Waals surface area contributed by atoms with E-state index >= 15 is 0 Å². The van der Waals surface area contributed by atoms with E-state index in [0.717, 1.165) is 10.6 Å². The second-order valence-corrected chi connectivity index (χ2v) is 15.7. The zero-order valence-corrected chi connectivity index (χ0v) is 29.9. The molecular formula is C28H49N2O12PS2. The maximum absolute atomic E-state index is 13.5. The smallest absolute Gasteiger partial charge is 0.391 e. The molecule has 17 heteroatoms. The van der Waals surface area contributed by atoms with Gasteiger partial charge in [-0.15, -0.1) is 0 Å². The number of rotatable bonds is 21. The highest BCUT2D eigenvalue weighted by atomic mass is 32.2. The minimum Gasteiger partial charge on any atom is -0.391 e. The van der Waals surface area contributed by atoms with Crippen molar-refractivity contribution in [3.8, 4) is 0 Å². The van der Waals surface area contributed by atoms with Crippen molar-refractivity contribution in [2.75, 3.05) is 57.8 Å². The number of phosphoric acid groups is 1. The third kappa shape index (κ3) is 17.4. The van der Waals surface area contributed by atoms with E-state index in [1.54, 1.807) is 0 Å². The van der Waals surface area contributed by atoms with Gasteiger partial charge in [0.15, 0.2) is 10.2 Å². The molecule has 0 saturated heterocycles. The lowest BCUT2D eigenvalue weighted by Crippen LogP contribution is -2.37. The molecule has 0 aliphatic heterocycles. The summed E-state index contributed by atoms with van der Waals surface area (Å²) in [6.07, 6.45) is -1.86. The Balaban J connectivity index is 2.71. The summed E-state index contributed by atoms with van der Waals surface area (Å²) in [7, 11) is -4.22. The standard InChI is InChI=1S/C28H49N2O12PS2/c1-20(31)22(42-21(2)30-10-9-23(32)29-26(30)35)19-41-43(36,39-13-11-37-15-17-44-24(33)27(3,4)5)40-14-12-38-16-18-45-25(34)28(6,7)8/h9-10,20-22,31H,11-19H2,1-8H3,(H,29,32,35)/t20-,21+,22-/m0/s1. The molecule has 14 nitrogen and oxygen atoms in total. The lowest BCUT2D eigenvalue weighted by Gasteiger charge is -2.27. The van der Waals surface area contributed by atoms with Crippen molar-refractivity contribution in [3.63, 3.8) is 0 Å². The number of nitrogens with zero attached hydrogens (tertiary/aromatic N) is 1. The van der Waals surface area contributed by atoms with Gasteiger partial charge in [0.05, 0.1) is 52.4 Å². The molecule has 0 unspecified atom stereocenters. The maximum Gasteiger partial charge on any atom is 0.475 e. The van der Waals surface area contributed by atoms with Gasteiger partial charge in [0.25, 0.3) is 5.56 Å². The topological polar surface area (TPSA) is 182 Å². The molecule has 3 atom stereocenters. The fourth-order valence-electron chi connectivity index (χ4n) is 3.04. The van der Waals surface area contributed by atoms with Crippen molar-refractivity contribution in [1.82, 2.24) is 9.55 Å². The Morgan fingerprint density at radius 2 is 1.36 bits per heavy atom. The van der Waals surface area contributed by atoms with Crippen LogP contribution in [0.3, 0.4) is 0 Å². The van der Waals surface area contributed by atoms with Crippen LogP contribution in [0.25, 0.3) is 0 Å². The van der Waals surface area contributed by atoms with Crippen molar-refractivity contribution in [2.24, 2.45) is 10.8 Å². The summed E-state index contributed by atoms with van der Waals surface area (Å²) < 4.78 is 47.7. The number of H-pyrrole nitrogens is 1. The summed E-state index contributed by atoms with van der Waals surface area (Å²) in [5.41, 5.74) is -2.19. The Kier molecular flexibility index (Phi) is 18.6. The van der Waals surface area contributed by atoms with Crippen molar-refractivity contribution in [1.29, 1.82) is 0 Å². The van der Waals surface area contributed by atoms with Crippen LogP contribution in [0.1, 0.15) is 61.6 Å². The first-order valence-corrected chi connectivity index (χ1v) is 18.0. The summed E-state index contributed by atoms with van der Waals surface area (Å²) >= 11 is 2.34. The van der Waals surface area contributed by atoms with Gasteiger partial charge in [0.1, 0.15) is 12.3 Å². The molecule has 1 aromatic rings. The number of phosphoric ester groups is 1. The second kappa shape index (κ2) is 20.1. The summed E-state index contributed by atoms with van der Waals surface area (Å²) in [5.74, 6) is 0.892. The van der Waals surface area contributed by atoms with Crippen LogP contribution in [0.4, 0.5) is 0 Å². The number of aromatic nitrogens is 2. The van der Waals surface area contributed by atoms with Gasteiger partial charge in [-0.2, -0.15) is 0 Å². The number of hydrogen-bond donors (Lipinski definition) is 2. The first-order valence-electron chi connectivity index (χ1n) is 14.5. The Labute approximate surface area is 273 Å². The number of hydrogen-bond acceptors (Lipinski definition) is 14. The second-order valence-electron chi connectivity index (χ2n) is 11.9. The Morgan fingerprint density at radius 1 is 0.867 bits per heavy atom. The van der Waals surface area contributed by atoms with E-state index in [9.17, 15) is 28.8 Å². The highest BCUT2D eigenvalue weighted by molar-refractivity contribution is 8.14. The maximum atomic E-state index is 13.5. The van der Waals surface area contributed by atoms with Gasteiger partial charge >= 0.3 is 13.5 Å². The van der Waals surface area contributed by atoms with Gasteiger partial charge in [-0.1, -0.05) is 65.1 Å². The minimum absolute atomic E-state index is 0.0407. The first-order chi connectivity index (χ1) is 20.9. The molecule has 45 heavy (non-hydrogen) atoms. The number of carbonyl (C=O) groups is 2. The molecule has 0 amide bonds. The Hall–Kier alpha value is -1.33. The van der Waals surface area contributed by atoms with E-state index in [1.807, 2.05) is 41.5 Å². The average molecular weight is 701 g/mol. The Bertz CT molecular complexity index is 1170. The van der Waals surface area contributed by atoms with Crippen molar-refractivity contribution in [3.05, 3.63) is 33.1 Å². The zero-order chi connectivity index (χ0) is 34.3. The number of aliphatic hydroxyl groups is 1. The normalized spacial score (nSPS) is 14.7. The number of thioether (sulfide) groups is 2. The van der Waals surface area contributed by atoms with Crippen molar-refractivity contribution in [2.45, 2.75) is 73.8 Å². The van der Waals surface area contributed by atoms with Crippen LogP contribution in [0.2, 0.25) is 0 Å². The Morgan fingerprint density at radius 3 is 1.78 bits per heavy atom. The average Bonchev–Trinajstić information content (AvgIpc) is 2.92. The molecule has 0 aliphatic rings. The summed E-state index contributed by atoms with van der Waals surface area (Å²) in [5, 5.41) is 10.4. The van der Waals surface area contributed by atoms with Crippen LogP contribution < -0.4 is 11.2 Å². The molecule has 0 spiro atoms. The van der Waals surface area contributed by atoms with Crippen molar-refractivity contribution >= 4 is 41.6 Å². The molecule has 2 N–H and O–H groups in total. The summed E-state index contributed by atoms with van der Waals surface area (Å²) in [4.78, 5) is 49.7. The molecule has 0 radical (unpaired) electrons. The molecule has 0 aromatic carbocycles. The largest absolute Gasteiger partial charge is 0.475 e. The van der Waals surface area contributed by atoms with Crippen LogP contribution in [0.15, 0.2) is 21.9 Å². The molecular weight excluding hydrogens is 651 g/mol. The lowest BCUT2D eigenvalue weighted by molar-refractivity contribution is -0.118. The van der Waals surface area contributed by atoms with Gasteiger partial charge in [0.2, 0.25) is 0 Å². The molecule has 0 saturated carbocycles. The van der Waals surface area contributed by atoms with Gasteiger partial charge in [-0.05, 0) is 13.8 Å². The monoisotopic (exact) mass is 700 g/mol. The van der Waals surface area contributed by atoms with E-state index in [4.69, 9.17) is 27.8 Å². The number of nitrogens with one attached hydrogen (secondary N) is 1. The summed E-state index contributed by atoms with van der Waals surface area (Å²) in [6.45, 7) is 13.8. The van der Waals surface area contributed by atoms with Crippen LogP contribution in [0, 0.1) is 10.8 Å². The van der Waals surface area contributed by atoms with Gasteiger partial charge < -0.3 is 19.3 Å². The number of aromatic amines is 1. The fraction of sp³-hybridized carbons (Fsp3) is 0.786. The summed E-state index contributed by atoms with van der Waals surface area (Å²) in [6, 6.07) is 1.15. The van der Waals surface area contributed by atoms with E-state index in [0.29, 0.717) is 11.5 Å². The van der Waals surface area contributed by atoms with Crippen LogP contribution >= 0.6 is 31.3 Å². The van der Waals surface area contributed by atoms with Gasteiger partial charge in [-0.3, -0.25) is 37.5 Å². The van der Waals surface area contributed by atoms with E-state index in [2.05, 4.69) is 4.98 Å². The molecule has 0 bridgehead atoms. The fourth-order valence-corrected chi connectivity index (χ4v) is 5.83. The molecule has 1 rings (SSSR count). The van der Waals surface area contributed by atoms with E-state index in [1.165, 1.54) is 43.6 Å². The third-order valence-corrected chi connectivity index (χ3v) is 9.60. The molecule has 0 fully saturated rings. The third-order valence-electron chi connectivity index (χ3n) is 5.65. The predicted octanol–water partition coefficient (Wildman–Crippen LogP) is 3.62. The van der Waals surface area contributed by atoms with E-state index < -0.39 is 54.9 Å². The first kappa shape index (κ1) is 41.7. The van der Waals surface area contributed by atoms with Crippen LogP contribution in [-0.4, -0.2) is 94.8 Å². The van der Waals surface area contributed by atoms with E-state index in [-0.39, 0.29) is 49.9 Å². The van der Waals surface area contributed by atoms with Gasteiger partial charge in [-0.25, -0.2) is 9.36 Å². The molecule has 260 valence electrons. The minimum atomic E-state index is -4.22. The quantitative estimate of drug-likeness (QED) is 0.140. The lowest BCUT2D eigenvalue weighted by atomic mass is 9.99. The highest BCUT2D eigenvalue weighted by Gasteiger charge is 2.31. The number of ether oxygens (including phenoxy) is 3. The van der Waals surface area contributed by atoms with Crippen LogP contribution in [-0.2, 0) is 41.9 Å². The number of carbonyl (C=O) groups excluding carboxylic acids is 2.